The predicted molar refractivity (Wildman–Crippen MR) is 109 cm³/mol. The average molecular weight is 400 g/mol. The number of hydrogen-bond donors (Lipinski definition) is 1. The van der Waals surface area contributed by atoms with E-state index in [4.69, 9.17) is 9.15 Å². The fraction of sp³-hybridized carbons (Fsp3) is 0.381. The summed E-state index contributed by atoms with van der Waals surface area (Å²) in [5.41, 5.74) is 1.15. The monoisotopic (exact) mass is 399 g/mol. The van der Waals surface area contributed by atoms with Gasteiger partial charge in [0, 0.05) is 36.6 Å². The van der Waals surface area contributed by atoms with Gasteiger partial charge in [0.25, 0.3) is 0 Å². The molecule has 0 fully saturated rings. The molecule has 3 rings (SSSR count). The molecule has 1 aromatic carbocycles. The molecule has 6 nitrogen and oxygen atoms in total. The molecule has 0 spiro atoms. The summed E-state index contributed by atoms with van der Waals surface area (Å²) in [5.74, 6) is 1.93. The number of nitrogens with zero attached hydrogens (tertiary/aromatic N) is 2. The summed E-state index contributed by atoms with van der Waals surface area (Å²) in [4.78, 5) is 13.4. The molecular formula is C21H25N3O3S. The highest BCUT2D eigenvalue weighted by atomic mass is 32.1. The normalized spacial score (nSPS) is 11.9. The number of rotatable bonds is 10. The van der Waals surface area contributed by atoms with Crippen LogP contribution >= 0.6 is 11.3 Å². The molecule has 0 aliphatic heterocycles. The largest absolute Gasteiger partial charge is 0.497 e. The molecule has 148 valence electrons. The van der Waals surface area contributed by atoms with Crippen LogP contribution in [0, 0.1) is 0 Å². The van der Waals surface area contributed by atoms with E-state index >= 15 is 0 Å². The Labute approximate surface area is 168 Å². The van der Waals surface area contributed by atoms with E-state index in [1.165, 1.54) is 4.88 Å². The number of aryl methyl sites for hydroxylation is 3. The summed E-state index contributed by atoms with van der Waals surface area (Å²) in [7, 11) is 1.66. The topological polar surface area (TPSA) is 77.2 Å². The van der Waals surface area contributed by atoms with Gasteiger partial charge in [0.2, 0.25) is 17.7 Å². The third kappa shape index (κ3) is 6.20. The summed E-state index contributed by atoms with van der Waals surface area (Å²) in [6, 6.07) is 12.1. The average Bonchev–Trinajstić information content (AvgIpc) is 3.36. The lowest BCUT2D eigenvalue weighted by Crippen LogP contribution is -2.34. The molecule has 28 heavy (non-hydrogen) atoms. The highest BCUT2D eigenvalue weighted by Gasteiger charge is 2.12. The van der Waals surface area contributed by atoms with Crippen LogP contribution in [0.1, 0.15) is 35.6 Å². The lowest BCUT2D eigenvalue weighted by Gasteiger charge is -2.12. The lowest BCUT2D eigenvalue weighted by molar-refractivity contribution is -0.121. The number of amides is 1. The molecule has 7 heteroatoms. The maximum absolute atomic E-state index is 12.1. The van der Waals surface area contributed by atoms with Crippen molar-refractivity contribution in [3.8, 4) is 5.75 Å². The van der Waals surface area contributed by atoms with Gasteiger partial charge in [-0.1, -0.05) is 18.2 Å². The number of ether oxygens (including phenoxy) is 1. The van der Waals surface area contributed by atoms with Gasteiger partial charge < -0.3 is 14.5 Å². The Bertz CT molecular complexity index is 877. The summed E-state index contributed by atoms with van der Waals surface area (Å²) >= 11 is 1.70. The Kier molecular flexibility index (Phi) is 7.19. The number of aromatic nitrogens is 2. The molecule has 0 saturated heterocycles. The van der Waals surface area contributed by atoms with Gasteiger partial charge in [-0.2, -0.15) is 0 Å². The molecule has 3 aromatic rings. The number of hydrogen-bond acceptors (Lipinski definition) is 6. The summed E-state index contributed by atoms with van der Waals surface area (Å²) in [6.07, 6.45) is 3.08. The predicted octanol–water partition coefficient (Wildman–Crippen LogP) is 3.60. The van der Waals surface area contributed by atoms with E-state index in [0.717, 1.165) is 24.2 Å². The zero-order valence-corrected chi connectivity index (χ0v) is 17.0. The smallest absolute Gasteiger partial charge is 0.220 e. The van der Waals surface area contributed by atoms with Gasteiger partial charge in [-0.25, -0.2) is 0 Å². The second-order valence-corrected chi connectivity index (χ2v) is 7.73. The Balaban J connectivity index is 1.40. The lowest BCUT2D eigenvalue weighted by atomic mass is 10.1. The van der Waals surface area contributed by atoms with E-state index in [1.54, 1.807) is 18.4 Å². The van der Waals surface area contributed by atoms with Crippen LogP contribution in [-0.4, -0.2) is 29.3 Å². The van der Waals surface area contributed by atoms with E-state index in [2.05, 4.69) is 21.6 Å². The number of methoxy groups -OCH3 is 1. The highest BCUT2D eigenvalue weighted by Crippen LogP contribution is 2.15. The van der Waals surface area contributed by atoms with Crippen molar-refractivity contribution in [1.82, 2.24) is 15.5 Å². The van der Waals surface area contributed by atoms with E-state index in [0.29, 0.717) is 31.0 Å². The van der Waals surface area contributed by atoms with Crippen LogP contribution in [0.15, 0.2) is 46.2 Å². The Morgan fingerprint density at radius 2 is 2.00 bits per heavy atom. The third-order valence-electron chi connectivity index (χ3n) is 4.33. The molecule has 0 bridgehead atoms. The fourth-order valence-corrected chi connectivity index (χ4v) is 3.75. The van der Waals surface area contributed by atoms with Crippen molar-refractivity contribution < 1.29 is 13.9 Å². The van der Waals surface area contributed by atoms with Crippen molar-refractivity contribution >= 4 is 17.2 Å². The van der Waals surface area contributed by atoms with Crippen molar-refractivity contribution in [2.24, 2.45) is 0 Å². The molecule has 2 heterocycles. The minimum absolute atomic E-state index is 0.000173. The van der Waals surface area contributed by atoms with Crippen LogP contribution in [0.5, 0.6) is 5.75 Å². The quantitative estimate of drug-likeness (QED) is 0.564. The van der Waals surface area contributed by atoms with Gasteiger partial charge in [0.1, 0.15) is 5.75 Å². The van der Waals surface area contributed by atoms with E-state index in [-0.39, 0.29) is 11.9 Å². The first kappa shape index (κ1) is 20.1. The van der Waals surface area contributed by atoms with Crippen molar-refractivity contribution in [3.05, 3.63) is 64.0 Å². The molecule has 1 atom stereocenters. The number of thiophene rings is 1. The van der Waals surface area contributed by atoms with Gasteiger partial charge >= 0.3 is 0 Å². The molecule has 0 saturated carbocycles. The van der Waals surface area contributed by atoms with Crippen LogP contribution in [0.25, 0.3) is 0 Å². The second-order valence-electron chi connectivity index (χ2n) is 6.69. The zero-order valence-electron chi connectivity index (χ0n) is 16.2. The summed E-state index contributed by atoms with van der Waals surface area (Å²) < 4.78 is 10.9. The zero-order chi connectivity index (χ0) is 19.8. The Hall–Kier alpha value is -2.67. The minimum Gasteiger partial charge on any atom is -0.497 e. The van der Waals surface area contributed by atoms with Crippen LogP contribution in [-0.2, 0) is 30.5 Å². The number of carbonyl (C=O) groups excluding carboxylic acids is 1. The summed E-state index contributed by atoms with van der Waals surface area (Å²) in [5, 5.41) is 13.2. The van der Waals surface area contributed by atoms with Crippen LogP contribution in [0.3, 0.4) is 0 Å². The first-order valence-corrected chi connectivity index (χ1v) is 10.3. The first-order valence-electron chi connectivity index (χ1n) is 9.38. The van der Waals surface area contributed by atoms with E-state index < -0.39 is 0 Å². The molecular weight excluding hydrogens is 374 g/mol. The molecule has 0 aliphatic rings. The third-order valence-corrected chi connectivity index (χ3v) is 5.23. The van der Waals surface area contributed by atoms with Crippen LogP contribution in [0.2, 0.25) is 0 Å². The highest BCUT2D eigenvalue weighted by molar-refractivity contribution is 7.09. The van der Waals surface area contributed by atoms with Gasteiger partial charge in [-0.05, 0) is 42.5 Å². The molecule has 0 aliphatic carbocycles. The SMILES string of the molecule is COc1cccc(CCc2nnc(CCC(=O)N[C@H](C)Cc3cccs3)o2)c1. The van der Waals surface area contributed by atoms with Crippen LogP contribution < -0.4 is 10.1 Å². The van der Waals surface area contributed by atoms with Crippen molar-refractivity contribution in [3.63, 3.8) is 0 Å². The van der Waals surface area contributed by atoms with E-state index in [1.807, 2.05) is 42.6 Å². The van der Waals surface area contributed by atoms with Gasteiger partial charge in [-0.15, -0.1) is 21.5 Å². The number of benzene rings is 1. The van der Waals surface area contributed by atoms with Crippen molar-refractivity contribution in [2.75, 3.05) is 7.11 Å². The molecule has 0 radical (unpaired) electrons. The maximum Gasteiger partial charge on any atom is 0.220 e. The molecule has 1 amide bonds. The minimum atomic E-state index is 0.000173. The molecule has 2 aromatic heterocycles. The number of carbonyl (C=O) groups is 1. The molecule has 0 unspecified atom stereocenters. The Morgan fingerprint density at radius 1 is 1.18 bits per heavy atom. The number of nitrogens with one attached hydrogen (secondary N) is 1. The molecule has 1 N–H and O–H groups in total. The van der Waals surface area contributed by atoms with Crippen molar-refractivity contribution in [2.45, 2.75) is 45.1 Å². The van der Waals surface area contributed by atoms with Crippen molar-refractivity contribution in [1.29, 1.82) is 0 Å². The van der Waals surface area contributed by atoms with Gasteiger partial charge in [0.05, 0.1) is 7.11 Å². The first-order chi connectivity index (χ1) is 13.6. The van der Waals surface area contributed by atoms with Gasteiger partial charge in [0.15, 0.2) is 0 Å². The fourth-order valence-electron chi connectivity index (χ4n) is 2.92. The summed E-state index contributed by atoms with van der Waals surface area (Å²) in [6.45, 7) is 2.01. The van der Waals surface area contributed by atoms with E-state index in [9.17, 15) is 4.79 Å². The van der Waals surface area contributed by atoms with Crippen LogP contribution in [0.4, 0.5) is 0 Å². The second kappa shape index (κ2) is 10.0. The maximum atomic E-state index is 12.1. The van der Waals surface area contributed by atoms with Gasteiger partial charge in [-0.3, -0.25) is 4.79 Å². The standard InChI is InChI=1S/C21H25N3O3S/c1-15(13-18-7-4-12-28-18)22-19(25)9-11-21-24-23-20(27-21)10-8-16-5-3-6-17(14-16)26-2/h3-7,12,14-15H,8-11,13H2,1-2H3,(H,22,25)/t15-/m1/s1. The Morgan fingerprint density at radius 3 is 2.75 bits per heavy atom.